The van der Waals surface area contributed by atoms with Gasteiger partial charge in [-0.3, -0.25) is 0 Å². The molecule has 0 amide bonds. The second kappa shape index (κ2) is 7.74. The van der Waals surface area contributed by atoms with Crippen LogP contribution in [0, 0.1) is 12.8 Å². The number of aliphatic hydroxyl groups excluding tert-OH is 1. The molecule has 0 radical (unpaired) electrons. The van der Waals surface area contributed by atoms with Crippen molar-refractivity contribution in [1.29, 1.82) is 0 Å². The van der Waals surface area contributed by atoms with Crippen molar-refractivity contribution in [2.45, 2.75) is 32.8 Å². The van der Waals surface area contributed by atoms with Crippen LogP contribution in [0.3, 0.4) is 0 Å². The third kappa shape index (κ3) is 5.10. The summed E-state index contributed by atoms with van der Waals surface area (Å²) in [5.41, 5.74) is 0.980. The number of likely N-dealkylation sites (tertiary alicyclic amines) is 1. The highest BCUT2D eigenvalue weighted by molar-refractivity contribution is 5.43. The summed E-state index contributed by atoms with van der Waals surface area (Å²) in [7, 11) is 3.98. The van der Waals surface area contributed by atoms with Crippen molar-refractivity contribution >= 4 is 11.8 Å². The summed E-state index contributed by atoms with van der Waals surface area (Å²) >= 11 is 0. The first kappa shape index (κ1) is 17.0. The summed E-state index contributed by atoms with van der Waals surface area (Å²) in [4.78, 5) is 13.3. The molecular formula is C16H29N5O. The van der Waals surface area contributed by atoms with E-state index in [1.807, 2.05) is 38.9 Å². The van der Waals surface area contributed by atoms with Crippen LogP contribution in [0.2, 0.25) is 0 Å². The fourth-order valence-electron chi connectivity index (χ4n) is 2.84. The van der Waals surface area contributed by atoms with E-state index in [4.69, 9.17) is 0 Å². The van der Waals surface area contributed by atoms with E-state index in [1.54, 1.807) is 0 Å². The first-order chi connectivity index (χ1) is 10.4. The highest BCUT2D eigenvalue weighted by Crippen LogP contribution is 2.18. The summed E-state index contributed by atoms with van der Waals surface area (Å²) in [6.45, 7) is 7.68. The molecule has 124 valence electrons. The van der Waals surface area contributed by atoms with Gasteiger partial charge in [-0.1, -0.05) is 0 Å². The predicted octanol–water partition coefficient (Wildman–Crippen LogP) is 1.36. The van der Waals surface area contributed by atoms with Crippen molar-refractivity contribution in [3.05, 3.63) is 11.8 Å². The van der Waals surface area contributed by atoms with Gasteiger partial charge in [-0.25, -0.2) is 4.98 Å². The molecule has 6 heteroatoms. The van der Waals surface area contributed by atoms with E-state index in [0.29, 0.717) is 5.92 Å². The van der Waals surface area contributed by atoms with Crippen LogP contribution < -0.4 is 10.2 Å². The zero-order valence-electron chi connectivity index (χ0n) is 14.2. The summed E-state index contributed by atoms with van der Waals surface area (Å²) in [6.07, 6.45) is 2.08. The van der Waals surface area contributed by atoms with Gasteiger partial charge in [0.25, 0.3) is 0 Å². The SMILES string of the molecule is Cc1cc(N(C)C)nc(NCC2CCN(C[C@H](C)O)CC2)n1. The number of piperidine rings is 1. The molecule has 1 aromatic rings. The molecule has 1 fully saturated rings. The van der Waals surface area contributed by atoms with Crippen LogP contribution in [0.4, 0.5) is 11.8 Å². The number of nitrogens with one attached hydrogen (secondary N) is 1. The van der Waals surface area contributed by atoms with Gasteiger partial charge in [-0.2, -0.15) is 4.98 Å². The normalized spacial score (nSPS) is 18.2. The van der Waals surface area contributed by atoms with E-state index in [2.05, 4.69) is 20.2 Å². The molecular weight excluding hydrogens is 278 g/mol. The maximum Gasteiger partial charge on any atom is 0.224 e. The van der Waals surface area contributed by atoms with E-state index in [9.17, 15) is 5.11 Å². The molecule has 1 aliphatic heterocycles. The highest BCUT2D eigenvalue weighted by Gasteiger charge is 2.20. The Morgan fingerprint density at radius 1 is 1.36 bits per heavy atom. The Kier molecular flexibility index (Phi) is 5.97. The Balaban J connectivity index is 1.82. The lowest BCUT2D eigenvalue weighted by Gasteiger charge is -2.32. The minimum absolute atomic E-state index is 0.236. The second-order valence-corrected chi connectivity index (χ2v) is 6.56. The molecule has 0 bridgehead atoms. The maximum atomic E-state index is 9.44. The Morgan fingerprint density at radius 3 is 2.64 bits per heavy atom. The zero-order chi connectivity index (χ0) is 16.1. The second-order valence-electron chi connectivity index (χ2n) is 6.56. The van der Waals surface area contributed by atoms with Crippen LogP contribution in [0.15, 0.2) is 6.07 Å². The molecule has 0 unspecified atom stereocenters. The molecule has 2 N–H and O–H groups in total. The number of hydrogen-bond acceptors (Lipinski definition) is 6. The van der Waals surface area contributed by atoms with Crippen LogP contribution in [-0.2, 0) is 0 Å². The lowest BCUT2D eigenvalue weighted by Crippen LogP contribution is -2.39. The lowest BCUT2D eigenvalue weighted by molar-refractivity contribution is 0.102. The first-order valence-electron chi connectivity index (χ1n) is 8.11. The first-order valence-corrected chi connectivity index (χ1v) is 8.11. The monoisotopic (exact) mass is 307 g/mol. The molecule has 22 heavy (non-hydrogen) atoms. The molecule has 0 aromatic carbocycles. The van der Waals surface area contributed by atoms with Crippen LogP contribution in [0.25, 0.3) is 0 Å². The molecule has 1 aliphatic rings. The lowest BCUT2D eigenvalue weighted by atomic mass is 9.96. The van der Waals surface area contributed by atoms with Gasteiger partial charge in [0.15, 0.2) is 0 Å². The van der Waals surface area contributed by atoms with E-state index >= 15 is 0 Å². The quantitative estimate of drug-likeness (QED) is 0.827. The van der Waals surface area contributed by atoms with E-state index in [-0.39, 0.29) is 6.10 Å². The fraction of sp³-hybridized carbons (Fsp3) is 0.750. The molecule has 0 aliphatic carbocycles. The number of hydrogen-bond donors (Lipinski definition) is 2. The molecule has 2 rings (SSSR count). The Labute approximate surface area is 133 Å². The van der Waals surface area contributed by atoms with Gasteiger partial charge in [-0.15, -0.1) is 0 Å². The highest BCUT2D eigenvalue weighted by atomic mass is 16.3. The number of aromatic nitrogens is 2. The number of aliphatic hydroxyl groups is 1. The molecule has 1 atom stereocenters. The topological polar surface area (TPSA) is 64.5 Å². The van der Waals surface area contributed by atoms with Gasteiger partial charge in [0.2, 0.25) is 5.95 Å². The van der Waals surface area contributed by atoms with Crippen molar-refractivity contribution in [3.63, 3.8) is 0 Å². The predicted molar refractivity (Wildman–Crippen MR) is 90.4 cm³/mol. The largest absolute Gasteiger partial charge is 0.392 e. The van der Waals surface area contributed by atoms with Crippen molar-refractivity contribution < 1.29 is 5.11 Å². The van der Waals surface area contributed by atoms with Crippen molar-refractivity contribution in [3.8, 4) is 0 Å². The van der Waals surface area contributed by atoms with Gasteiger partial charge >= 0.3 is 0 Å². The van der Waals surface area contributed by atoms with Crippen LogP contribution in [0.1, 0.15) is 25.5 Å². The minimum atomic E-state index is -0.236. The fourth-order valence-corrected chi connectivity index (χ4v) is 2.84. The molecule has 6 nitrogen and oxygen atoms in total. The summed E-state index contributed by atoms with van der Waals surface area (Å²) in [5, 5.41) is 12.8. The average Bonchev–Trinajstić information content (AvgIpc) is 2.45. The Hall–Kier alpha value is -1.40. The standard InChI is InChI=1S/C16H29N5O/c1-12-9-15(20(3)4)19-16(18-12)17-10-14-5-7-21(8-6-14)11-13(2)22/h9,13-14,22H,5-8,10-11H2,1-4H3,(H,17,18,19)/t13-/m0/s1. The maximum absolute atomic E-state index is 9.44. The van der Waals surface area contributed by atoms with Gasteiger partial charge < -0.3 is 20.2 Å². The summed E-state index contributed by atoms with van der Waals surface area (Å²) in [5.74, 6) is 2.30. The van der Waals surface area contributed by atoms with Gasteiger partial charge in [0.1, 0.15) is 5.82 Å². The number of anilines is 2. The van der Waals surface area contributed by atoms with Crippen LogP contribution in [-0.4, -0.2) is 66.4 Å². The van der Waals surface area contributed by atoms with Gasteiger partial charge in [-0.05, 0) is 45.7 Å². The molecule has 2 heterocycles. The zero-order valence-corrected chi connectivity index (χ0v) is 14.2. The van der Waals surface area contributed by atoms with Crippen LogP contribution >= 0.6 is 0 Å². The molecule has 0 spiro atoms. The number of rotatable bonds is 6. The van der Waals surface area contributed by atoms with Crippen molar-refractivity contribution in [2.24, 2.45) is 5.92 Å². The summed E-state index contributed by atoms with van der Waals surface area (Å²) < 4.78 is 0. The third-order valence-corrected chi connectivity index (χ3v) is 4.08. The minimum Gasteiger partial charge on any atom is -0.392 e. The molecule has 1 saturated heterocycles. The van der Waals surface area contributed by atoms with Gasteiger partial charge in [0, 0.05) is 38.9 Å². The number of β-amino-alcohol motifs (C(OH)–C–C–N with tert-alkyl or cyclic N) is 1. The number of aryl methyl sites for hydroxylation is 1. The van der Waals surface area contributed by atoms with Crippen LogP contribution in [0.5, 0.6) is 0 Å². The van der Waals surface area contributed by atoms with E-state index < -0.39 is 0 Å². The Bertz CT molecular complexity index is 470. The molecule has 0 saturated carbocycles. The molecule has 1 aromatic heterocycles. The van der Waals surface area contributed by atoms with Gasteiger partial charge in [0.05, 0.1) is 6.10 Å². The van der Waals surface area contributed by atoms with Crippen molar-refractivity contribution in [2.75, 3.05) is 50.5 Å². The third-order valence-electron chi connectivity index (χ3n) is 4.08. The van der Waals surface area contributed by atoms with E-state index in [1.165, 1.54) is 0 Å². The number of nitrogens with zero attached hydrogens (tertiary/aromatic N) is 4. The van der Waals surface area contributed by atoms with E-state index in [0.717, 1.165) is 56.5 Å². The smallest absolute Gasteiger partial charge is 0.224 e. The summed E-state index contributed by atoms with van der Waals surface area (Å²) in [6, 6.07) is 1.99. The Morgan fingerprint density at radius 2 is 2.05 bits per heavy atom. The van der Waals surface area contributed by atoms with Crippen molar-refractivity contribution in [1.82, 2.24) is 14.9 Å². The average molecular weight is 307 g/mol.